The molecule has 7 nitrogen and oxygen atoms in total. The third kappa shape index (κ3) is 3.99. The van der Waals surface area contributed by atoms with Crippen molar-refractivity contribution in [3.05, 3.63) is 58.6 Å². The second-order valence-electron chi connectivity index (χ2n) is 4.70. The number of hydrogen-bond donors (Lipinski definition) is 1. The van der Waals surface area contributed by atoms with Crippen LogP contribution in [-0.4, -0.2) is 25.7 Å². The minimum Gasteiger partial charge on any atom is -0.326 e. The molecule has 0 aliphatic carbocycles. The highest BCUT2D eigenvalue weighted by molar-refractivity contribution is 7.09. The Morgan fingerprint density at radius 3 is 2.91 bits per heavy atom. The molecule has 23 heavy (non-hydrogen) atoms. The number of benzene rings is 1. The highest BCUT2D eigenvalue weighted by Crippen LogP contribution is 2.13. The smallest absolute Gasteiger partial charge is 0.252 e. The lowest BCUT2D eigenvalue weighted by Gasteiger charge is -2.02. The highest BCUT2D eigenvalue weighted by atomic mass is 32.1. The first kappa shape index (κ1) is 14.9. The molecule has 2 heterocycles. The fourth-order valence-electron chi connectivity index (χ4n) is 1.95. The van der Waals surface area contributed by atoms with E-state index in [1.807, 2.05) is 41.8 Å². The normalized spacial score (nSPS) is 10.2. The molecule has 0 fully saturated rings. The Kier molecular flexibility index (Phi) is 4.40. The molecule has 8 heteroatoms. The van der Waals surface area contributed by atoms with Gasteiger partial charge in [0.2, 0.25) is 5.91 Å². The summed E-state index contributed by atoms with van der Waals surface area (Å²) in [5, 5.41) is 18.1. The molecule has 0 atom stereocenters. The van der Waals surface area contributed by atoms with Crippen LogP contribution in [0.2, 0.25) is 0 Å². The van der Waals surface area contributed by atoms with Crippen molar-refractivity contribution in [3.8, 4) is 6.07 Å². The van der Waals surface area contributed by atoms with Gasteiger partial charge in [-0.1, -0.05) is 18.2 Å². The average Bonchev–Trinajstić information content (AvgIpc) is 3.18. The summed E-state index contributed by atoms with van der Waals surface area (Å²) in [5.41, 5.74) is 1.55. The van der Waals surface area contributed by atoms with E-state index in [0.29, 0.717) is 6.54 Å². The Morgan fingerprint density at radius 1 is 1.35 bits per heavy atom. The molecule has 0 aliphatic heterocycles. The molecule has 0 radical (unpaired) electrons. The van der Waals surface area contributed by atoms with Gasteiger partial charge in [0.05, 0.1) is 18.7 Å². The average molecular weight is 324 g/mol. The first-order valence-electron chi connectivity index (χ1n) is 6.80. The van der Waals surface area contributed by atoms with Crippen LogP contribution in [0.1, 0.15) is 16.5 Å². The van der Waals surface area contributed by atoms with Crippen molar-refractivity contribution in [2.45, 2.75) is 13.0 Å². The molecular weight excluding hydrogens is 312 g/mol. The Labute approximate surface area is 136 Å². The Morgan fingerprint density at radius 2 is 2.17 bits per heavy atom. The van der Waals surface area contributed by atoms with Crippen LogP contribution in [0.25, 0.3) is 0 Å². The number of anilines is 1. The molecule has 1 N–H and O–H groups in total. The van der Waals surface area contributed by atoms with Crippen LogP contribution in [0.3, 0.4) is 0 Å². The molecule has 3 rings (SSSR count). The van der Waals surface area contributed by atoms with E-state index in [1.165, 1.54) is 17.7 Å². The lowest BCUT2D eigenvalue weighted by atomic mass is 10.3. The van der Waals surface area contributed by atoms with Crippen molar-refractivity contribution < 1.29 is 4.79 Å². The number of para-hydroxylation sites is 1. The molecule has 3 aromatic rings. The molecule has 1 aromatic carbocycles. The number of rotatable bonds is 5. The van der Waals surface area contributed by atoms with Gasteiger partial charge in [0.25, 0.3) is 5.82 Å². The zero-order valence-electron chi connectivity index (χ0n) is 12.0. The van der Waals surface area contributed by atoms with Crippen molar-refractivity contribution in [2.75, 3.05) is 5.32 Å². The van der Waals surface area contributed by atoms with E-state index in [4.69, 9.17) is 5.26 Å². The minimum atomic E-state index is -0.107. The summed E-state index contributed by atoms with van der Waals surface area (Å²) in [7, 11) is 0. The van der Waals surface area contributed by atoms with E-state index in [1.54, 1.807) is 4.68 Å². The summed E-state index contributed by atoms with van der Waals surface area (Å²) < 4.78 is 1.54. The van der Waals surface area contributed by atoms with Gasteiger partial charge in [0.15, 0.2) is 0 Å². The number of hydrogen-bond acceptors (Lipinski definition) is 6. The third-order valence-electron chi connectivity index (χ3n) is 2.93. The molecule has 2 aromatic heterocycles. The lowest BCUT2D eigenvalue weighted by molar-refractivity contribution is -0.115. The van der Waals surface area contributed by atoms with Crippen LogP contribution in [0, 0.1) is 11.3 Å². The maximum Gasteiger partial charge on any atom is 0.252 e. The van der Waals surface area contributed by atoms with Crippen LogP contribution in [-0.2, 0) is 17.8 Å². The number of nitriles is 1. The van der Waals surface area contributed by atoms with Crippen molar-refractivity contribution in [1.82, 2.24) is 19.7 Å². The SMILES string of the molecule is N#Cc1ncn(Cc2csc(CC(=O)Nc3ccccc3)n2)n1. The van der Waals surface area contributed by atoms with Crippen molar-refractivity contribution >= 4 is 22.9 Å². The molecule has 0 saturated carbocycles. The first-order chi connectivity index (χ1) is 11.2. The summed E-state index contributed by atoms with van der Waals surface area (Å²) in [5.74, 6) is 0.0207. The fraction of sp³-hybridized carbons (Fsp3) is 0.133. The topological polar surface area (TPSA) is 96.5 Å². The number of amides is 1. The molecular formula is C15H12N6OS. The minimum absolute atomic E-state index is 0.107. The predicted molar refractivity (Wildman–Crippen MR) is 84.7 cm³/mol. The summed E-state index contributed by atoms with van der Waals surface area (Å²) in [6, 6.07) is 11.2. The van der Waals surface area contributed by atoms with Crippen LogP contribution < -0.4 is 5.32 Å². The number of carbonyl (C=O) groups excluding carboxylic acids is 1. The quantitative estimate of drug-likeness (QED) is 0.772. The number of carbonyl (C=O) groups is 1. The van der Waals surface area contributed by atoms with E-state index < -0.39 is 0 Å². The summed E-state index contributed by atoms with van der Waals surface area (Å²) >= 11 is 1.42. The van der Waals surface area contributed by atoms with Gasteiger partial charge >= 0.3 is 0 Å². The van der Waals surface area contributed by atoms with Crippen molar-refractivity contribution in [2.24, 2.45) is 0 Å². The fourth-order valence-corrected chi connectivity index (χ4v) is 2.74. The van der Waals surface area contributed by atoms with E-state index in [9.17, 15) is 4.79 Å². The van der Waals surface area contributed by atoms with Gasteiger partial charge in [-0.15, -0.1) is 16.4 Å². The largest absolute Gasteiger partial charge is 0.326 e. The molecule has 1 amide bonds. The molecule has 0 bridgehead atoms. The summed E-state index contributed by atoms with van der Waals surface area (Å²) in [6.45, 7) is 0.422. The van der Waals surface area contributed by atoms with E-state index in [2.05, 4.69) is 20.4 Å². The zero-order chi connectivity index (χ0) is 16.1. The predicted octanol–water partition coefficient (Wildman–Crippen LogP) is 1.84. The second kappa shape index (κ2) is 6.81. The van der Waals surface area contributed by atoms with Gasteiger partial charge in [0, 0.05) is 11.1 Å². The number of thiazole rings is 1. The van der Waals surface area contributed by atoms with Gasteiger partial charge < -0.3 is 5.32 Å². The molecule has 114 valence electrons. The summed E-state index contributed by atoms with van der Waals surface area (Å²) in [4.78, 5) is 20.2. The van der Waals surface area contributed by atoms with Gasteiger partial charge in [-0.3, -0.25) is 4.79 Å². The molecule has 0 spiro atoms. The third-order valence-corrected chi connectivity index (χ3v) is 3.83. The second-order valence-corrected chi connectivity index (χ2v) is 5.64. The summed E-state index contributed by atoms with van der Waals surface area (Å²) in [6.07, 6.45) is 1.71. The zero-order valence-corrected chi connectivity index (χ0v) is 12.8. The number of nitrogens with zero attached hydrogens (tertiary/aromatic N) is 5. The van der Waals surface area contributed by atoms with Crippen LogP contribution in [0.15, 0.2) is 42.0 Å². The maximum absolute atomic E-state index is 12.0. The van der Waals surface area contributed by atoms with Crippen molar-refractivity contribution in [1.29, 1.82) is 5.26 Å². The van der Waals surface area contributed by atoms with E-state index >= 15 is 0 Å². The number of aromatic nitrogens is 4. The Balaban J connectivity index is 1.58. The molecule has 0 aliphatic rings. The van der Waals surface area contributed by atoms with Gasteiger partial charge in [0.1, 0.15) is 17.4 Å². The van der Waals surface area contributed by atoms with Gasteiger partial charge in [-0.2, -0.15) is 5.26 Å². The number of nitrogens with one attached hydrogen (secondary N) is 1. The van der Waals surface area contributed by atoms with Crippen molar-refractivity contribution in [3.63, 3.8) is 0 Å². The Bertz CT molecular complexity index is 848. The van der Waals surface area contributed by atoms with Crippen LogP contribution in [0.5, 0.6) is 0 Å². The van der Waals surface area contributed by atoms with Crippen LogP contribution in [0.4, 0.5) is 5.69 Å². The standard InChI is InChI=1S/C15H12N6OS/c16-7-13-17-10-21(20-13)8-12-9-23-15(19-12)6-14(22)18-11-4-2-1-3-5-11/h1-5,9-10H,6,8H2,(H,18,22). The van der Waals surface area contributed by atoms with Gasteiger partial charge in [-0.25, -0.2) is 14.6 Å². The maximum atomic E-state index is 12.0. The monoisotopic (exact) mass is 324 g/mol. The molecule has 0 saturated heterocycles. The first-order valence-corrected chi connectivity index (χ1v) is 7.68. The van der Waals surface area contributed by atoms with E-state index in [-0.39, 0.29) is 18.2 Å². The lowest BCUT2D eigenvalue weighted by Crippen LogP contribution is -2.14. The molecule has 0 unspecified atom stereocenters. The Hall–Kier alpha value is -3.05. The van der Waals surface area contributed by atoms with Gasteiger partial charge in [-0.05, 0) is 12.1 Å². The van der Waals surface area contributed by atoms with E-state index in [0.717, 1.165) is 16.4 Å². The van der Waals surface area contributed by atoms with Crippen LogP contribution >= 0.6 is 11.3 Å². The highest BCUT2D eigenvalue weighted by Gasteiger charge is 2.09.